The number of nitrogen functional groups attached to an aromatic ring is 1. The Morgan fingerprint density at radius 2 is 1.83 bits per heavy atom. The van der Waals surface area contributed by atoms with Gasteiger partial charge >= 0.3 is 0 Å². The average molecular weight is 240 g/mol. The van der Waals surface area contributed by atoms with Gasteiger partial charge in [-0.05, 0) is 54.3 Å². The first-order chi connectivity index (χ1) is 8.56. The third-order valence-corrected chi connectivity index (χ3v) is 3.08. The van der Waals surface area contributed by atoms with Crippen molar-refractivity contribution in [2.24, 2.45) is 0 Å². The summed E-state index contributed by atoms with van der Waals surface area (Å²) in [5, 5.41) is 3.44. The lowest BCUT2D eigenvalue weighted by Crippen LogP contribution is -1.96. The molecule has 0 radical (unpaired) electrons. The number of hydrogen-bond acceptors (Lipinski definition) is 2. The Morgan fingerprint density at radius 1 is 1.06 bits per heavy atom. The van der Waals surface area contributed by atoms with Gasteiger partial charge < -0.3 is 11.1 Å². The van der Waals surface area contributed by atoms with E-state index in [-0.39, 0.29) is 0 Å². The van der Waals surface area contributed by atoms with Gasteiger partial charge in [-0.2, -0.15) is 0 Å². The topological polar surface area (TPSA) is 38.0 Å². The van der Waals surface area contributed by atoms with E-state index >= 15 is 0 Å². The number of benzene rings is 2. The zero-order chi connectivity index (χ0) is 13.1. The van der Waals surface area contributed by atoms with Crippen molar-refractivity contribution in [2.75, 3.05) is 11.1 Å². The van der Waals surface area contributed by atoms with Crippen LogP contribution in [0.3, 0.4) is 0 Å². The molecule has 3 N–H and O–H groups in total. The van der Waals surface area contributed by atoms with Gasteiger partial charge in [-0.15, -0.1) is 0 Å². The van der Waals surface area contributed by atoms with Crippen molar-refractivity contribution in [1.82, 2.24) is 0 Å². The van der Waals surface area contributed by atoms with Crippen LogP contribution in [0.15, 0.2) is 42.5 Å². The van der Waals surface area contributed by atoms with Crippen LogP contribution in [-0.2, 0) is 0 Å². The van der Waals surface area contributed by atoms with E-state index in [1.807, 2.05) is 18.2 Å². The van der Waals surface area contributed by atoms with Gasteiger partial charge in [0.1, 0.15) is 0 Å². The summed E-state index contributed by atoms with van der Waals surface area (Å²) in [6.07, 6.45) is 0. The molecule has 2 rings (SSSR count). The molecular formula is C16H20N2. The minimum absolute atomic E-state index is 0.541. The molecule has 0 aromatic heterocycles. The van der Waals surface area contributed by atoms with E-state index in [2.05, 4.69) is 50.4 Å². The van der Waals surface area contributed by atoms with E-state index in [1.165, 1.54) is 5.56 Å². The summed E-state index contributed by atoms with van der Waals surface area (Å²) in [6.45, 7) is 6.46. The quantitative estimate of drug-likeness (QED) is 0.778. The molecule has 0 aliphatic rings. The molecule has 2 aromatic rings. The zero-order valence-corrected chi connectivity index (χ0v) is 11.2. The molecule has 0 saturated heterocycles. The Morgan fingerprint density at radius 3 is 2.50 bits per heavy atom. The standard InChI is InChI=1S/C16H20N2/c1-11(2)13-5-4-6-15(10-13)18-16-8-7-14(17)9-12(16)3/h4-11,18H,17H2,1-3H3. The molecule has 0 unspecified atom stereocenters. The van der Waals surface area contributed by atoms with Crippen LogP contribution in [0.2, 0.25) is 0 Å². The number of nitrogens with two attached hydrogens (primary N) is 1. The monoisotopic (exact) mass is 240 g/mol. The van der Waals surface area contributed by atoms with Crippen LogP contribution in [-0.4, -0.2) is 0 Å². The normalized spacial score (nSPS) is 10.7. The molecule has 0 saturated carbocycles. The van der Waals surface area contributed by atoms with Crippen molar-refractivity contribution in [3.05, 3.63) is 53.6 Å². The molecule has 0 spiro atoms. The molecule has 0 aliphatic carbocycles. The molecule has 0 fully saturated rings. The minimum Gasteiger partial charge on any atom is -0.399 e. The van der Waals surface area contributed by atoms with E-state index in [0.29, 0.717) is 5.92 Å². The second-order valence-corrected chi connectivity index (χ2v) is 4.98. The van der Waals surface area contributed by atoms with E-state index in [1.54, 1.807) is 0 Å². The van der Waals surface area contributed by atoms with Crippen LogP contribution >= 0.6 is 0 Å². The second-order valence-electron chi connectivity index (χ2n) is 4.98. The van der Waals surface area contributed by atoms with Crippen molar-refractivity contribution < 1.29 is 0 Å². The van der Waals surface area contributed by atoms with E-state index in [0.717, 1.165) is 22.6 Å². The van der Waals surface area contributed by atoms with Crippen molar-refractivity contribution >= 4 is 17.1 Å². The summed E-state index contributed by atoms with van der Waals surface area (Å²) >= 11 is 0. The van der Waals surface area contributed by atoms with Gasteiger partial charge in [0.25, 0.3) is 0 Å². The predicted octanol–water partition coefficient (Wildman–Crippen LogP) is 4.44. The highest BCUT2D eigenvalue weighted by Crippen LogP contribution is 2.24. The summed E-state index contributed by atoms with van der Waals surface area (Å²) in [5.41, 5.74) is 11.3. The first kappa shape index (κ1) is 12.5. The predicted molar refractivity (Wildman–Crippen MR) is 79.4 cm³/mol. The summed E-state index contributed by atoms with van der Waals surface area (Å²) in [7, 11) is 0. The number of nitrogens with one attached hydrogen (secondary N) is 1. The molecule has 2 aromatic carbocycles. The minimum atomic E-state index is 0.541. The van der Waals surface area contributed by atoms with Gasteiger partial charge in [-0.1, -0.05) is 26.0 Å². The molecule has 0 heterocycles. The summed E-state index contributed by atoms with van der Waals surface area (Å²) in [6, 6.07) is 14.4. The molecule has 0 aliphatic heterocycles. The van der Waals surface area contributed by atoms with Gasteiger partial charge in [0.2, 0.25) is 0 Å². The highest BCUT2D eigenvalue weighted by Gasteiger charge is 2.02. The number of rotatable bonds is 3. The Hall–Kier alpha value is -1.96. The SMILES string of the molecule is Cc1cc(N)ccc1Nc1cccc(C(C)C)c1. The lowest BCUT2D eigenvalue weighted by Gasteiger charge is -2.12. The van der Waals surface area contributed by atoms with Gasteiger partial charge in [0, 0.05) is 17.1 Å². The van der Waals surface area contributed by atoms with Gasteiger partial charge in [-0.25, -0.2) is 0 Å². The highest BCUT2D eigenvalue weighted by atomic mass is 14.9. The van der Waals surface area contributed by atoms with Crippen molar-refractivity contribution in [3.8, 4) is 0 Å². The number of aryl methyl sites for hydroxylation is 1. The first-order valence-electron chi connectivity index (χ1n) is 6.29. The Bertz CT molecular complexity index is 545. The van der Waals surface area contributed by atoms with Crippen LogP contribution in [0.25, 0.3) is 0 Å². The highest BCUT2D eigenvalue weighted by molar-refractivity contribution is 5.66. The zero-order valence-electron chi connectivity index (χ0n) is 11.2. The van der Waals surface area contributed by atoms with Gasteiger partial charge in [-0.3, -0.25) is 0 Å². The smallest absolute Gasteiger partial charge is 0.0415 e. The average Bonchev–Trinajstić information content (AvgIpc) is 2.33. The van der Waals surface area contributed by atoms with Gasteiger partial charge in [0.15, 0.2) is 0 Å². The molecule has 0 amide bonds. The fraction of sp³-hybridized carbons (Fsp3) is 0.250. The molecule has 2 nitrogen and oxygen atoms in total. The maximum Gasteiger partial charge on any atom is 0.0415 e. The summed E-state index contributed by atoms with van der Waals surface area (Å²) < 4.78 is 0. The first-order valence-corrected chi connectivity index (χ1v) is 6.29. The van der Waals surface area contributed by atoms with E-state index in [4.69, 9.17) is 5.73 Å². The fourth-order valence-corrected chi connectivity index (χ4v) is 1.96. The molecule has 0 bridgehead atoms. The van der Waals surface area contributed by atoms with Crippen molar-refractivity contribution in [3.63, 3.8) is 0 Å². The Kier molecular flexibility index (Phi) is 3.56. The maximum absolute atomic E-state index is 5.76. The van der Waals surface area contributed by atoms with Gasteiger partial charge in [0.05, 0.1) is 0 Å². The molecule has 2 heteroatoms. The third kappa shape index (κ3) is 2.83. The Labute approximate surface area is 109 Å². The van der Waals surface area contributed by atoms with Crippen LogP contribution in [0.5, 0.6) is 0 Å². The molecule has 18 heavy (non-hydrogen) atoms. The maximum atomic E-state index is 5.76. The summed E-state index contributed by atoms with van der Waals surface area (Å²) in [4.78, 5) is 0. The van der Waals surface area contributed by atoms with E-state index < -0.39 is 0 Å². The molecule has 0 atom stereocenters. The lowest BCUT2D eigenvalue weighted by molar-refractivity contribution is 0.867. The van der Waals surface area contributed by atoms with Crippen LogP contribution in [0, 0.1) is 6.92 Å². The fourth-order valence-electron chi connectivity index (χ4n) is 1.96. The summed E-state index contributed by atoms with van der Waals surface area (Å²) in [5.74, 6) is 0.541. The third-order valence-electron chi connectivity index (χ3n) is 3.08. The molecule has 94 valence electrons. The Balaban J connectivity index is 2.25. The van der Waals surface area contributed by atoms with E-state index in [9.17, 15) is 0 Å². The lowest BCUT2D eigenvalue weighted by atomic mass is 10.0. The van der Waals surface area contributed by atoms with Crippen molar-refractivity contribution in [2.45, 2.75) is 26.7 Å². The van der Waals surface area contributed by atoms with Crippen LogP contribution < -0.4 is 11.1 Å². The largest absolute Gasteiger partial charge is 0.399 e. The second kappa shape index (κ2) is 5.13. The number of anilines is 3. The van der Waals surface area contributed by atoms with Crippen LogP contribution in [0.1, 0.15) is 30.9 Å². The number of hydrogen-bond donors (Lipinski definition) is 2. The molecular weight excluding hydrogens is 220 g/mol. The van der Waals surface area contributed by atoms with Crippen LogP contribution in [0.4, 0.5) is 17.1 Å². The van der Waals surface area contributed by atoms with Crippen molar-refractivity contribution in [1.29, 1.82) is 0 Å².